The predicted molar refractivity (Wildman–Crippen MR) is 108 cm³/mol. The first-order valence-electron chi connectivity index (χ1n) is 9.17. The molecule has 6 heteroatoms. The lowest BCUT2D eigenvalue weighted by Gasteiger charge is -2.17. The molecule has 0 bridgehead atoms. The van der Waals surface area contributed by atoms with Gasteiger partial charge in [0.05, 0.1) is 12.1 Å². The number of hydrogen-bond donors (Lipinski definition) is 1. The Kier molecular flexibility index (Phi) is 7.32. The molecule has 0 fully saturated rings. The largest absolute Gasteiger partial charge is 0.452 e. The SMILES string of the molecule is CCc1ccc(C(=O)OCC(=O)N(C)CC(=O)Nc2cc(C)ccc2C)cc1. The molecule has 28 heavy (non-hydrogen) atoms. The Balaban J connectivity index is 1.83. The van der Waals surface area contributed by atoms with E-state index < -0.39 is 18.5 Å². The van der Waals surface area contributed by atoms with E-state index in [0.717, 1.165) is 23.1 Å². The summed E-state index contributed by atoms with van der Waals surface area (Å²) < 4.78 is 5.06. The summed E-state index contributed by atoms with van der Waals surface area (Å²) >= 11 is 0. The van der Waals surface area contributed by atoms with Gasteiger partial charge < -0.3 is 15.0 Å². The minimum Gasteiger partial charge on any atom is -0.452 e. The minimum atomic E-state index is -0.566. The van der Waals surface area contributed by atoms with Gasteiger partial charge in [0.2, 0.25) is 5.91 Å². The molecule has 2 amide bonds. The standard InChI is InChI=1S/C22H26N2O4/c1-5-17-8-10-18(11-9-17)22(27)28-14-21(26)24(4)13-20(25)23-19-12-15(2)6-7-16(19)3/h6-12H,5,13-14H2,1-4H3,(H,23,25). The molecule has 0 heterocycles. The molecule has 0 radical (unpaired) electrons. The van der Waals surface area contributed by atoms with E-state index in [1.54, 1.807) is 12.1 Å². The molecule has 0 spiro atoms. The fourth-order valence-corrected chi connectivity index (χ4v) is 2.56. The van der Waals surface area contributed by atoms with Crippen LogP contribution in [-0.2, 0) is 20.7 Å². The first kappa shape index (κ1) is 21.2. The molecule has 2 aromatic carbocycles. The van der Waals surface area contributed by atoms with Crippen molar-refractivity contribution in [2.75, 3.05) is 25.5 Å². The van der Waals surface area contributed by atoms with Crippen LogP contribution in [0.2, 0.25) is 0 Å². The highest BCUT2D eigenvalue weighted by atomic mass is 16.5. The van der Waals surface area contributed by atoms with Gasteiger partial charge in [-0.05, 0) is 55.2 Å². The number of nitrogens with zero attached hydrogens (tertiary/aromatic N) is 1. The summed E-state index contributed by atoms with van der Waals surface area (Å²) in [6.45, 7) is 5.32. The van der Waals surface area contributed by atoms with Crippen molar-refractivity contribution in [2.24, 2.45) is 0 Å². The molecule has 148 valence electrons. The maximum atomic E-state index is 12.2. The molecule has 0 aliphatic heterocycles. The summed E-state index contributed by atoms with van der Waals surface area (Å²) in [6.07, 6.45) is 0.878. The van der Waals surface area contributed by atoms with Crippen molar-refractivity contribution in [1.82, 2.24) is 4.90 Å². The van der Waals surface area contributed by atoms with E-state index in [2.05, 4.69) is 5.32 Å². The van der Waals surface area contributed by atoms with Gasteiger partial charge in [0.1, 0.15) is 0 Å². The van der Waals surface area contributed by atoms with Crippen LogP contribution in [0.15, 0.2) is 42.5 Å². The molecule has 0 aliphatic rings. The van der Waals surface area contributed by atoms with Crippen molar-refractivity contribution in [1.29, 1.82) is 0 Å². The number of aryl methyl sites for hydroxylation is 3. The molecule has 0 aliphatic carbocycles. The molecule has 2 rings (SSSR count). The van der Waals surface area contributed by atoms with Crippen LogP contribution in [0.25, 0.3) is 0 Å². The van der Waals surface area contributed by atoms with E-state index >= 15 is 0 Å². The van der Waals surface area contributed by atoms with Crippen LogP contribution in [0.5, 0.6) is 0 Å². The Labute approximate surface area is 165 Å². The molecule has 0 saturated carbocycles. The van der Waals surface area contributed by atoms with Gasteiger partial charge in [-0.1, -0.05) is 31.2 Å². The van der Waals surface area contributed by atoms with Gasteiger partial charge in [-0.3, -0.25) is 9.59 Å². The van der Waals surface area contributed by atoms with E-state index in [1.807, 2.05) is 51.1 Å². The number of anilines is 1. The quantitative estimate of drug-likeness (QED) is 0.747. The number of likely N-dealkylation sites (N-methyl/N-ethyl adjacent to an activating group) is 1. The van der Waals surface area contributed by atoms with E-state index in [4.69, 9.17) is 4.74 Å². The lowest BCUT2D eigenvalue weighted by atomic mass is 10.1. The van der Waals surface area contributed by atoms with Gasteiger partial charge in [-0.25, -0.2) is 4.79 Å². The number of amides is 2. The number of carbonyl (C=O) groups is 3. The average molecular weight is 382 g/mol. The zero-order chi connectivity index (χ0) is 20.7. The van der Waals surface area contributed by atoms with Gasteiger partial charge in [-0.15, -0.1) is 0 Å². The van der Waals surface area contributed by atoms with E-state index in [0.29, 0.717) is 11.3 Å². The van der Waals surface area contributed by atoms with Gasteiger partial charge in [0.25, 0.3) is 5.91 Å². The Morgan fingerprint density at radius 1 is 1.04 bits per heavy atom. The monoisotopic (exact) mass is 382 g/mol. The zero-order valence-corrected chi connectivity index (χ0v) is 16.7. The molecule has 0 saturated heterocycles. The summed E-state index contributed by atoms with van der Waals surface area (Å²) in [5.41, 5.74) is 4.19. The van der Waals surface area contributed by atoms with E-state index in [1.165, 1.54) is 11.9 Å². The summed E-state index contributed by atoms with van der Waals surface area (Å²) in [6, 6.07) is 12.8. The van der Waals surface area contributed by atoms with Crippen molar-refractivity contribution in [3.63, 3.8) is 0 Å². The number of nitrogens with one attached hydrogen (secondary N) is 1. The van der Waals surface area contributed by atoms with E-state index in [-0.39, 0.29) is 12.5 Å². The number of ether oxygens (including phenoxy) is 1. The van der Waals surface area contributed by atoms with Crippen molar-refractivity contribution in [3.05, 3.63) is 64.7 Å². The Morgan fingerprint density at radius 3 is 2.36 bits per heavy atom. The van der Waals surface area contributed by atoms with Gasteiger partial charge >= 0.3 is 5.97 Å². The van der Waals surface area contributed by atoms with E-state index in [9.17, 15) is 14.4 Å². The smallest absolute Gasteiger partial charge is 0.338 e. The Hall–Kier alpha value is -3.15. The first-order valence-corrected chi connectivity index (χ1v) is 9.17. The average Bonchev–Trinajstić information content (AvgIpc) is 2.68. The number of benzene rings is 2. The van der Waals surface area contributed by atoms with Crippen LogP contribution in [-0.4, -0.2) is 42.9 Å². The minimum absolute atomic E-state index is 0.130. The van der Waals surface area contributed by atoms with Gasteiger partial charge in [-0.2, -0.15) is 0 Å². The van der Waals surface area contributed by atoms with Crippen LogP contribution < -0.4 is 5.32 Å². The van der Waals surface area contributed by atoms with Crippen LogP contribution in [0, 0.1) is 13.8 Å². The lowest BCUT2D eigenvalue weighted by Crippen LogP contribution is -2.37. The van der Waals surface area contributed by atoms with Crippen molar-refractivity contribution in [2.45, 2.75) is 27.2 Å². The summed E-state index contributed by atoms with van der Waals surface area (Å²) in [7, 11) is 1.49. The third-order valence-corrected chi connectivity index (χ3v) is 4.40. The maximum Gasteiger partial charge on any atom is 0.338 e. The van der Waals surface area contributed by atoms with Crippen molar-refractivity contribution in [3.8, 4) is 0 Å². The second kappa shape index (κ2) is 9.69. The van der Waals surface area contributed by atoms with Crippen LogP contribution in [0.3, 0.4) is 0 Å². The lowest BCUT2D eigenvalue weighted by molar-refractivity contribution is -0.136. The second-order valence-corrected chi connectivity index (χ2v) is 6.74. The number of esters is 1. The molecule has 1 N–H and O–H groups in total. The molecule has 2 aromatic rings. The number of carbonyl (C=O) groups excluding carboxylic acids is 3. The third kappa shape index (κ3) is 5.94. The molecular formula is C22H26N2O4. The first-order chi connectivity index (χ1) is 13.3. The normalized spacial score (nSPS) is 10.3. The molecule has 0 unspecified atom stereocenters. The third-order valence-electron chi connectivity index (χ3n) is 4.40. The molecular weight excluding hydrogens is 356 g/mol. The van der Waals surface area contributed by atoms with Crippen LogP contribution in [0.4, 0.5) is 5.69 Å². The fourth-order valence-electron chi connectivity index (χ4n) is 2.56. The Morgan fingerprint density at radius 2 is 1.71 bits per heavy atom. The molecule has 6 nitrogen and oxygen atoms in total. The fraction of sp³-hybridized carbons (Fsp3) is 0.318. The predicted octanol–water partition coefficient (Wildman–Crippen LogP) is 3.12. The highest BCUT2D eigenvalue weighted by Crippen LogP contribution is 2.16. The number of hydrogen-bond acceptors (Lipinski definition) is 4. The van der Waals surface area contributed by atoms with Gasteiger partial charge in [0.15, 0.2) is 6.61 Å². The van der Waals surface area contributed by atoms with Crippen molar-refractivity contribution >= 4 is 23.5 Å². The highest BCUT2D eigenvalue weighted by molar-refractivity contribution is 5.96. The summed E-state index contributed by atoms with van der Waals surface area (Å²) in [5.74, 6) is -1.33. The summed E-state index contributed by atoms with van der Waals surface area (Å²) in [5, 5.41) is 2.80. The molecule has 0 atom stereocenters. The highest BCUT2D eigenvalue weighted by Gasteiger charge is 2.16. The van der Waals surface area contributed by atoms with Crippen molar-refractivity contribution < 1.29 is 19.1 Å². The second-order valence-electron chi connectivity index (χ2n) is 6.74. The van der Waals surface area contributed by atoms with Gasteiger partial charge in [0, 0.05) is 12.7 Å². The zero-order valence-electron chi connectivity index (χ0n) is 16.7. The Bertz CT molecular complexity index is 859. The maximum absolute atomic E-state index is 12.2. The summed E-state index contributed by atoms with van der Waals surface area (Å²) in [4.78, 5) is 37.6. The van der Waals surface area contributed by atoms with Crippen LogP contribution in [0.1, 0.15) is 34.0 Å². The number of rotatable bonds is 7. The topological polar surface area (TPSA) is 75.7 Å². The molecule has 0 aromatic heterocycles. The van der Waals surface area contributed by atoms with Crippen LogP contribution >= 0.6 is 0 Å².